The standard InChI is InChI=1S/C16H20ClNO3/c1-4-11(9-6-5-7-10(17)8-9)18-14(19)12-13(15(20)21)16(12,2)3/h5-8,11-13H,4H2,1-3H3,(H,18,19)(H,20,21)/t11?,12-,13+/m1/s1. The van der Waals surface area contributed by atoms with Gasteiger partial charge in [0.15, 0.2) is 0 Å². The van der Waals surface area contributed by atoms with Crippen molar-refractivity contribution in [1.29, 1.82) is 0 Å². The summed E-state index contributed by atoms with van der Waals surface area (Å²) >= 11 is 5.98. The quantitative estimate of drug-likeness (QED) is 0.877. The number of aliphatic carboxylic acids is 1. The van der Waals surface area contributed by atoms with Crippen molar-refractivity contribution in [3.63, 3.8) is 0 Å². The van der Waals surface area contributed by atoms with E-state index >= 15 is 0 Å². The minimum absolute atomic E-state index is 0.151. The third-order valence-corrected chi connectivity index (χ3v) is 4.59. The molecule has 2 rings (SSSR count). The van der Waals surface area contributed by atoms with Crippen LogP contribution in [0.4, 0.5) is 0 Å². The molecule has 114 valence electrons. The number of carbonyl (C=O) groups is 2. The summed E-state index contributed by atoms with van der Waals surface area (Å²) in [7, 11) is 0. The second-order valence-electron chi connectivity index (χ2n) is 6.14. The maximum absolute atomic E-state index is 12.4. The molecular weight excluding hydrogens is 290 g/mol. The lowest BCUT2D eigenvalue weighted by Gasteiger charge is -2.18. The molecule has 0 radical (unpaired) electrons. The molecule has 1 unspecified atom stereocenters. The molecule has 0 saturated heterocycles. The first kappa shape index (κ1) is 15.8. The number of carboxylic acid groups (broad SMARTS) is 1. The third kappa shape index (κ3) is 3.05. The largest absolute Gasteiger partial charge is 0.481 e. The van der Waals surface area contributed by atoms with E-state index in [1.54, 1.807) is 6.07 Å². The Morgan fingerprint density at radius 1 is 1.38 bits per heavy atom. The van der Waals surface area contributed by atoms with E-state index in [4.69, 9.17) is 16.7 Å². The molecule has 1 fully saturated rings. The van der Waals surface area contributed by atoms with Crippen molar-refractivity contribution in [1.82, 2.24) is 5.32 Å². The molecule has 1 aliphatic rings. The molecule has 3 atom stereocenters. The van der Waals surface area contributed by atoms with E-state index < -0.39 is 23.2 Å². The molecule has 0 heterocycles. The van der Waals surface area contributed by atoms with Crippen molar-refractivity contribution in [3.8, 4) is 0 Å². The van der Waals surface area contributed by atoms with Gasteiger partial charge < -0.3 is 10.4 Å². The van der Waals surface area contributed by atoms with Crippen LogP contribution in [0.25, 0.3) is 0 Å². The van der Waals surface area contributed by atoms with Crippen LogP contribution < -0.4 is 5.32 Å². The molecule has 2 N–H and O–H groups in total. The predicted octanol–water partition coefficient (Wildman–Crippen LogP) is 3.26. The lowest BCUT2D eigenvalue weighted by molar-refractivity contribution is -0.140. The van der Waals surface area contributed by atoms with Gasteiger partial charge in [0.25, 0.3) is 0 Å². The maximum Gasteiger partial charge on any atom is 0.307 e. The zero-order valence-corrected chi connectivity index (χ0v) is 13.1. The maximum atomic E-state index is 12.4. The number of amides is 1. The summed E-state index contributed by atoms with van der Waals surface area (Å²) in [5.74, 6) is -2.17. The zero-order valence-electron chi connectivity index (χ0n) is 12.4. The molecule has 1 aromatic rings. The van der Waals surface area contributed by atoms with Crippen LogP contribution in [0.15, 0.2) is 24.3 Å². The molecule has 0 aromatic heterocycles. The van der Waals surface area contributed by atoms with E-state index in [9.17, 15) is 9.59 Å². The Morgan fingerprint density at radius 2 is 2.05 bits per heavy atom. The number of halogens is 1. The molecule has 0 bridgehead atoms. The van der Waals surface area contributed by atoms with E-state index in [1.165, 1.54) is 0 Å². The van der Waals surface area contributed by atoms with Gasteiger partial charge in [0.1, 0.15) is 0 Å². The van der Waals surface area contributed by atoms with Gasteiger partial charge >= 0.3 is 5.97 Å². The van der Waals surface area contributed by atoms with E-state index in [-0.39, 0.29) is 11.9 Å². The van der Waals surface area contributed by atoms with Crippen LogP contribution in [0, 0.1) is 17.3 Å². The van der Waals surface area contributed by atoms with Crippen LogP contribution >= 0.6 is 11.6 Å². The van der Waals surface area contributed by atoms with E-state index in [1.807, 2.05) is 39.0 Å². The highest BCUT2D eigenvalue weighted by Crippen LogP contribution is 2.58. The van der Waals surface area contributed by atoms with Gasteiger partial charge in [0.05, 0.1) is 17.9 Å². The number of hydrogen-bond donors (Lipinski definition) is 2. The van der Waals surface area contributed by atoms with Gasteiger partial charge in [-0.3, -0.25) is 9.59 Å². The predicted molar refractivity (Wildman–Crippen MR) is 81.0 cm³/mol. The van der Waals surface area contributed by atoms with Gasteiger partial charge in [-0.25, -0.2) is 0 Å². The number of carbonyl (C=O) groups excluding carboxylic acids is 1. The first-order valence-corrected chi connectivity index (χ1v) is 7.45. The number of nitrogens with one attached hydrogen (secondary N) is 1. The Hall–Kier alpha value is -1.55. The smallest absolute Gasteiger partial charge is 0.307 e. The molecule has 1 aromatic carbocycles. The molecule has 0 spiro atoms. The molecule has 4 nitrogen and oxygen atoms in total. The number of hydrogen-bond acceptors (Lipinski definition) is 2. The van der Waals surface area contributed by atoms with Crippen molar-refractivity contribution in [2.75, 3.05) is 0 Å². The summed E-state index contributed by atoms with van der Waals surface area (Å²) in [6.45, 7) is 5.60. The molecule has 21 heavy (non-hydrogen) atoms. The van der Waals surface area contributed by atoms with Crippen LogP contribution in [-0.2, 0) is 9.59 Å². The van der Waals surface area contributed by atoms with Gasteiger partial charge in [-0.15, -0.1) is 0 Å². The summed E-state index contributed by atoms with van der Waals surface area (Å²) in [6, 6.07) is 7.20. The average Bonchev–Trinajstić information content (AvgIpc) is 2.99. The molecule has 5 heteroatoms. The van der Waals surface area contributed by atoms with Crippen molar-refractivity contribution in [2.24, 2.45) is 17.3 Å². The van der Waals surface area contributed by atoms with E-state index in [2.05, 4.69) is 5.32 Å². The van der Waals surface area contributed by atoms with Gasteiger partial charge in [-0.1, -0.05) is 44.5 Å². The topological polar surface area (TPSA) is 66.4 Å². The second-order valence-corrected chi connectivity index (χ2v) is 6.58. The Labute approximate surface area is 129 Å². The van der Waals surface area contributed by atoms with E-state index in [0.717, 1.165) is 12.0 Å². The fourth-order valence-electron chi connectivity index (χ4n) is 2.99. The third-order valence-electron chi connectivity index (χ3n) is 4.35. The normalized spacial score (nSPS) is 24.2. The summed E-state index contributed by atoms with van der Waals surface area (Å²) in [5.41, 5.74) is 0.450. The number of rotatable bonds is 5. The average molecular weight is 310 g/mol. The van der Waals surface area contributed by atoms with Crippen LogP contribution in [0.3, 0.4) is 0 Å². The van der Waals surface area contributed by atoms with Crippen LogP contribution in [-0.4, -0.2) is 17.0 Å². The van der Waals surface area contributed by atoms with Gasteiger partial charge in [0, 0.05) is 5.02 Å². The zero-order chi connectivity index (χ0) is 15.8. The summed E-state index contributed by atoms with van der Waals surface area (Å²) in [4.78, 5) is 23.5. The van der Waals surface area contributed by atoms with Crippen molar-refractivity contribution < 1.29 is 14.7 Å². The van der Waals surface area contributed by atoms with Gasteiger partial charge in [-0.05, 0) is 29.5 Å². The Kier molecular flexibility index (Phi) is 4.28. The first-order chi connectivity index (χ1) is 9.78. The van der Waals surface area contributed by atoms with Crippen LogP contribution in [0.2, 0.25) is 5.02 Å². The number of benzene rings is 1. The van der Waals surface area contributed by atoms with Gasteiger partial charge in [0.2, 0.25) is 5.91 Å². The lowest BCUT2D eigenvalue weighted by Crippen LogP contribution is -2.31. The van der Waals surface area contributed by atoms with Crippen molar-refractivity contribution in [3.05, 3.63) is 34.9 Å². The molecule has 1 aliphatic carbocycles. The summed E-state index contributed by atoms with van der Waals surface area (Å²) in [5, 5.41) is 12.7. The minimum Gasteiger partial charge on any atom is -0.481 e. The monoisotopic (exact) mass is 309 g/mol. The van der Waals surface area contributed by atoms with Crippen molar-refractivity contribution in [2.45, 2.75) is 33.2 Å². The highest BCUT2D eigenvalue weighted by atomic mass is 35.5. The van der Waals surface area contributed by atoms with Crippen molar-refractivity contribution >= 4 is 23.5 Å². The highest BCUT2D eigenvalue weighted by molar-refractivity contribution is 6.30. The first-order valence-electron chi connectivity index (χ1n) is 7.07. The minimum atomic E-state index is -0.907. The lowest BCUT2D eigenvalue weighted by atomic mass is 10.0. The SMILES string of the molecule is CCC(NC(=O)[C@H]1[C@@H](C(=O)O)C1(C)C)c1cccc(Cl)c1. The Morgan fingerprint density at radius 3 is 2.52 bits per heavy atom. The highest BCUT2D eigenvalue weighted by Gasteiger charge is 2.65. The fourth-order valence-corrected chi connectivity index (χ4v) is 3.19. The molecule has 0 aliphatic heterocycles. The van der Waals surface area contributed by atoms with Gasteiger partial charge in [-0.2, -0.15) is 0 Å². The second kappa shape index (κ2) is 5.68. The fraction of sp³-hybridized carbons (Fsp3) is 0.500. The molecular formula is C16H20ClNO3. The van der Waals surface area contributed by atoms with E-state index in [0.29, 0.717) is 5.02 Å². The molecule has 1 amide bonds. The number of carboxylic acids is 1. The Bertz CT molecular complexity index is 570. The van der Waals surface area contributed by atoms with Crippen LogP contribution in [0.5, 0.6) is 0 Å². The van der Waals surface area contributed by atoms with Crippen LogP contribution in [0.1, 0.15) is 38.8 Å². The molecule has 1 saturated carbocycles. The summed E-state index contributed by atoms with van der Waals surface area (Å²) < 4.78 is 0. The Balaban J connectivity index is 2.10. The summed E-state index contributed by atoms with van der Waals surface area (Å²) in [6.07, 6.45) is 0.719.